The quantitative estimate of drug-likeness (QED) is 0.680. The van der Waals surface area contributed by atoms with Crippen LogP contribution in [0.25, 0.3) is 11.5 Å². The molecule has 0 aliphatic carbocycles. The zero-order valence-electron chi connectivity index (χ0n) is 14.7. The third-order valence-corrected chi connectivity index (χ3v) is 3.52. The summed E-state index contributed by atoms with van der Waals surface area (Å²) in [4.78, 5) is 15.3. The van der Waals surface area contributed by atoms with Gasteiger partial charge in [0.05, 0.1) is 14.2 Å². The molecule has 1 unspecified atom stereocenters. The molecule has 0 aliphatic heterocycles. The summed E-state index contributed by atoms with van der Waals surface area (Å²) in [5, 5.41) is 7.09. The first-order valence-corrected chi connectivity index (χ1v) is 7.65. The van der Waals surface area contributed by atoms with Gasteiger partial charge >= 0.3 is 0 Å². The van der Waals surface area contributed by atoms with Gasteiger partial charge in [0, 0.05) is 18.0 Å². The first kappa shape index (κ1) is 18.5. The van der Waals surface area contributed by atoms with E-state index in [1.807, 2.05) is 14.0 Å². The van der Waals surface area contributed by atoms with Crippen molar-refractivity contribution in [1.29, 1.82) is 0 Å². The van der Waals surface area contributed by atoms with Crippen LogP contribution in [0.2, 0.25) is 0 Å². The second-order valence-corrected chi connectivity index (χ2v) is 5.37. The predicted octanol–water partition coefficient (Wildman–Crippen LogP) is 0.768. The fourth-order valence-corrected chi connectivity index (χ4v) is 2.12. The van der Waals surface area contributed by atoms with Crippen LogP contribution in [0.3, 0.4) is 0 Å². The molecule has 9 heteroatoms. The lowest BCUT2D eigenvalue weighted by Gasteiger charge is -2.14. The van der Waals surface area contributed by atoms with Crippen molar-refractivity contribution in [3.05, 3.63) is 18.0 Å². The molecule has 136 valence electrons. The van der Waals surface area contributed by atoms with Crippen molar-refractivity contribution in [2.75, 3.05) is 27.9 Å². The molecule has 0 radical (unpaired) electrons. The van der Waals surface area contributed by atoms with Crippen LogP contribution in [0.5, 0.6) is 17.2 Å². The van der Waals surface area contributed by atoms with Gasteiger partial charge in [-0.25, -0.2) is 0 Å². The normalized spacial score (nSPS) is 11.8. The third-order valence-electron chi connectivity index (χ3n) is 3.52. The topological polar surface area (TPSA) is 122 Å². The number of ether oxygens (including phenoxy) is 3. The first-order valence-electron chi connectivity index (χ1n) is 7.65. The Balaban J connectivity index is 2.34. The number of methoxy groups -OCH3 is 2. The summed E-state index contributed by atoms with van der Waals surface area (Å²) in [6.07, 6.45) is 0.633. The first-order chi connectivity index (χ1) is 12.0. The molecule has 1 amide bonds. The highest BCUT2D eigenvalue weighted by Crippen LogP contribution is 2.41. The number of carbonyl (C=O) groups excluding carboxylic acids is 1. The Bertz CT molecular complexity index is 706. The number of aromatic nitrogens is 2. The monoisotopic (exact) mass is 350 g/mol. The molecule has 25 heavy (non-hydrogen) atoms. The lowest BCUT2D eigenvalue weighted by Crippen LogP contribution is -2.24. The number of nitrogens with one attached hydrogen (secondary N) is 1. The Labute approximate surface area is 145 Å². The van der Waals surface area contributed by atoms with Gasteiger partial charge < -0.3 is 29.8 Å². The third kappa shape index (κ3) is 4.60. The van der Waals surface area contributed by atoms with Crippen LogP contribution in [-0.4, -0.2) is 50.0 Å². The highest BCUT2D eigenvalue weighted by Gasteiger charge is 2.19. The Hall–Kier alpha value is -2.81. The van der Waals surface area contributed by atoms with E-state index in [0.717, 1.165) is 0 Å². The average Bonchev–Trinajstić information content (AvgIpc) is 3.07. The van der Waals surface area contributed by atoms with Crippen molar-refractivity contribution >= 4 is 5.91 Å². The van der Waals surface area contributed by atoms with Gasteiger partial charge in [-0.3, -0.25) is 4.79 Å². The number of likely N-dealkylation sites (N-methyl/N-ethyl adjacent to an activating group) is 1. The second-order valence-electron chi connectivity index (χ2n) is 5.37. The summed E-state index contributed by atoms with van der Waals surface area (Å²) in [6.45, 7) is 1.73. The van der Waals surface area contributed by atoms with Gasteiger partial charge in [0.1, 0.15) is 0 Å². The minimum Gasteiger partial charge on any atom is -0.493 e. The predicted molar refractivity (Wildman–Crippen MR) is 89.8 cm³/mol. The lowest BCUT2D eigenvalue weighted by molar-refractivity contribution is -0.119. The summed E-state index contributed by atoms with van der Waals surface area (Å²) < 4.78 is 21.3. The molecule has 2 rings (SSSR count). The second kappa shape index (κ2) is 8.34. The Morgan fingerprint density at radius 1 is 1.32 bits per heavy atom. The van der Waals surface area contributed by atoms with Crippen molar-refractivity contribution in [3.63, 3.8) is 0 Å². The number of hydrogen-bond donors (Lipinski definition) is 2. The molecule has 0 bridgehead atoms. The number of carbonyl (C=O) groups is 1. The fourth-order valence-electron chi connectivity index (χ4n) is 2.12. The zero-order chi connectivity index (χ0) is 18.4. The van der Waals surface area contributed by atoms with Crippen molar-refractivity contribution < 1.29 is 23.5 Å². The molecule has 9 nitrogen and oxygen atoms in total. The molecular weight excluding hydrogens is 328 g/mol. The SMILES string of the molecule is CNC(C)Cc1noc(-c2cc(OC)c(OCC(N)=O)c(OC)c2)n1. The van der Waals surface area contributed by atoms with Crippen LogP contribution in [0.15, 0.2) is 16.7 Å². The molecular formula is C16H22N4O5. The van der Waals surface area contributed by atoms with Crippen LogP contribution in [0.4, 0.5) is 0 Å². The number of benzene rings is 1. The van der Waals surface area contributed by atoms with Crippen LogP contribution in [-0.2, 0) is 11.2 Å². The molecule has 1 atom stereocenters. The van der Waals surface area contributed by atoms with E-state index >= 15 is 0 Å². The van der Waals surface area contributed by atoms with Gasteiger partial charge in [0.15, 0.2) is 23.9 Å². The molecule has 0 saturated heterocycles. The molecule has 3 N–H and O–H groups in total. The maximum atomic E-state index is 11.0. The van der Waals surface area contributed by atoms with Crippen LogP contribution in [0.1, 0.15) is 12.7 Å². The highest BCUT2D eigenvalue weighted by atomic mass is 16.5. The van der Waals surface area contributed by atoms with Crippen molar-refractivity contribution in [2.24, 2.45) is 5.73 Å². The van der Waals surface area contributed by atoms with E-state index in [1.165, 1.54) is 14.2 Å². The zero-order valence-corrected chi connectivity index (χ0v) is 14.7. The van der Waals surface area contributed by atoms with Crippen LogP contribution in [0, 0.1) is 0 Å². The van der Waals surface area contributed by atoms with E-state index in [-0.39, 0.29) is 18.4 Å². The number of amides is 1. The van der Waals surface area contributed by atoms with E-state index < -0.39 is 5.91 Å². The van der Waals surface area contributed by atoms with Crippen molar-refractivity contribution in [3.8, 4) is 28.7 Å². The minimum atomic E-state index is -0.603. The van der Waals surface area contributed by atoms with E-state index in [4.69, 9.17) is 24.5 Å². The van der Waals surface area contributed by atoms with E-state index in [9.17, 15) is 4.79 Å². The molecule has 0 aliphatic rings. The molecule has 0 saturated carbocycles. The number of primary amides is 1. The average molecular weight is 350 g/mol. The number of nitrogens with zero attached hydrogens (tertiary/aromatic N) is 2. The summed E-state index contributed by atoms with van der Waals surface area (Å²) >= 11 is 0. The summed E-state index contributed by atoms with van der Waals surface area (Å²) in [6, 6.07) is 3.55. The van der Waals surface area contributed by atoms with Gasteiger partial charge in [-0.15, -0.1) is 0 Å². The molecule has 1 aromatic carbocycles. The summed E-state index contributed by atoms with van der Waals surface area (Å²) in [7, 11) is 4.82. The number of rotatable bonds is 9. The Kier molecular flexibility index (Phi) is 6.18. The fraction of sp³-hybridized carbons (Fsp3) is 0.438. The van der Waals surface area contributed by atoms with Crippen LogP contribution >= 0.6 is 0 Å². The summed E-state index contributed by atoms with van der Waals surface area (Å²) in [5.41, 5.74) is 5.72. The van der Waals surface area contributed by atoms with E-state index in [2.05, 4.69) is 15.5 Å². The van der Waals surface area contributed by atoms with E-state index in [0.29, 0.717) is 35.2 Å². The van der Waals surface area contributed by atoms with Gasteiger partial charge in [-0.05, 0) is 26.1 Å². The molecule has 0 spiro atoms. The van der Waals surface area contributed by atoms with E-state index in [1.54, 1.807) is 12.1 Å². The maximum absolute atomic E-state index is 11.0. The van der Waals surface area contributed by atoms with Crippen molar-refractivity contribution in [2.45, 2.75) is 19.4 Å². The number of hydrogen-bond acceptors (Lipinski definition) is 8. The lowest BCUT2D eigenvalue weighted by atomic mass is 10.1. The number of nitrogens with two attached hydrogens (primary N) is 1. The smallest absolute Gasteiger partial charge is 0.258 e. The Morgan fingerprint density at radius 3 is 2.48 bits per heavy atom. The van der Waals surface area contributed by atoms with Gasteiger partial charge in [-0.1, -0.05) is 5.16 Å². The van der Waals surface area contributed by atoms with Crippen LogP contribution < -0.4 is 25.3 Å². The Morgan fingerprint density at radius 2 is 1.96 bits per heavy atom. The highest BCUT2D eigenvalue weighted by molar-refractivity contribution is 5.76. The van der Waals surface area contributed by atoms with Crippen molar-refractivity contribution in [1.82, 2.24) is 15.5 Å². The summed E-state index contributed by atoms with van der Waals surface area (Å²) in [5.74, 6) is 1.31. The maximum Gasteiger partial charge on any atom is 0.258 e. The molecule has 0 fully saturated rings. The molecule has 1 aromatic heterocycles. The largest absolute Gasteiger partial charge is 0.493 e. The van der Waals surface area contributed by atoms with Gasteiger partial charge in [0.25, 0.3) is 11.8 Å². The minimum absolute atomic E-state index is 0.221. The molecule has 1 heterocycles. The molecule has 2 aromatic rings. The standard InChI is InChI=1S/C16H22N4O5/c1-9(18-2)5-14-19-16(25-20-14)10-6-11(22-3)15(12(7-10)23-4)24-8-13(17)21/h6-7,9,18H,5,8H2,1-4H3,(H2,17,21). The van der Waals surface area contributed by atoms with Gasteiger partial charge in [0.2, 0.25) is 5.75 Å². The van der Waals surface area contributed by atoms with Gasteiger partial charge in [-0.2, -0.15) is 4.98 Å².